The second kappa shape index (κ2) is 7.30. The molecule has 2 aromatic carbocycles. The highest BCUT2D eigenvalue weighted by molar-refractivity contribution is 5.71. The molecule has 23 heavy (non-hydrogen) atoms. The molecule has 0 unspecified atom stereocenters. The van der Waals surface area contributed by atoms with Crippen LogP contribution in [0.1, 0.15) is 19.4 Å². The molecule has 0 atom stereocenters. The maximum Gasteiger partial charge on any atom is 0.0460 e. The van der Waals surface area contributed by atoms with Crippen LogP contribution in [0.5, 0.6) is 0 Å². The average Bonchev–Trinajstić information content (AvgIpc) is 3.11. The van der Waals surface area contributed by atoms with Crippen LogP contribution in [0, 0.1) is 0 Å². The largest absolute Gasteiger partial charge is 0.361 e. The highest BCUT2D eigenvalue weighted by Crippen LogP contribution is 2.26. The van der Waals surface area contributed by atoms with Crippen LogP contribution in [0.3, 0.4) is 0 Å². The van der Waals surface area contributed by atoms with Gasteiger partial charge >= 0.3 is 0 Å². The average molecular weight is 304 g/mol. The molecule has 0 aliphatic rings. The fourth-order valence-electron chi connectivity index (χ4n) is 2.85. The Labute approximate surface area is 138 Å². The van der Waals surface area contributed by atoms with Crippen LogP contribution < -0.4 is 0 Å². The number of hydrogen-bond donors (Lipinski definition) is 1. The molecular formula is C21H24N2. The zero-order valence-electron chi connectivity index (χ0n) is 13.9. The normalized spacial score (nSPS) is 11.1. The first-order chi connectivity index (χ1) is 11.3. The van der Waals surface area contributed by atoms with Crippen molar-refractivity contribution in [1.29, 1.82) is 0 Å². The van der Waals surface area contributed by atoms with Crippen LogP contribution in [-0.2, 0) is 6.54 Å². The molecule has 0 aliphatic heterocycles. The van der Waals surface area contributed by atoms with Crippen LogP contribution >= 0.6 is 0 Å². The zero-order valence-corrected chi connectivity index (χ0v) is 13.9. The van der Waals surface area contributed by atoms with Gasteiger partial charge in [0.15, 0.2) is 0 Å². The van der Waals surface area contributed by atoms with E-state index in [0.29, 0.717) is 0 Å². The summed E-state index contributed by atoms with van der Waals surface area (Å²) in [5.41, 5.74) is 6.24. The van der Waals surface area contributed by atoms with E-state index in [9.17, 15) is 0 Å². The molecule has 3 aromatic rings. The highest BCUT2D eigenvalue weighted by atomic mass is 15.1. The monoisotopic (exact) mass is 304 g/mol. The van der Waals surface area contributed by atoms with Crippen LogP contribution in [0.4, 0.5) is 0 Å². The first-order valence-corrected chi connectivity index (χ1v) is 8.35. The Morgan fingerprint density at radius 1 is 0.783 bits per heavy atom. The van der Waals surface area contributed by atoms with Crippen molar-refractivity contribution in [3.05, 3.63) is 72.4 Å². The lowest BCUT2D eigenvalue weighted by atomic mass is 10.1. The van der Waals surface area contributed by atoms with Crippen molar-refractivity contribution in [3.8, 4) is 22.4 Å². The van der Waals surface area contributed by atoms with E-state index < -0.39 is 0 Å². The number of H-pyrrole nitrogens is 1. The van der Waals surface area contributed by atoms with Crippen molar-refractivity contribution >= 4 is 0 Å². The van der Waals surface area contributed by atoms with Crippen LogP contribution in [-0.4, -0.2) is 23.0 Å². The van der Waals surface area contributed by atoms with E-state index in [-0.39, 0.29) is 0 Å². The molecule has 1 heterocycles. The van der Waals surface area contributed by atoms with Gasteiger partial charge in [-0.3, -0.25) is 4.90 Å². The minimum Gasteiger partial charge on any atom is -0.361 e. The molecule has 1 N–H and O–H groups in total. The van der Waals surface area contributed by atoms with E-state index in [1.165, 1.54) is 22.3 Å². The number of nitrogens with zero attached hydrogens (tertiary/aromatic N) is 1. The molecule has 1 aromatic heterocycles. The summed E-state index contributed by atoms with van der Waals surface area (Å²) in [5.74, 6) is 0. The summed E-state index contributed by atoms with van der Waals surface area (Å²) in [6.45, 7) is 7.63. The predicted molar refractivity (Wildman–Crippen MR) is 98.3 cm³/mol. The molecule has 0 fully saturated rings. The Balaban J connectivity index is 1.76. The predicted octanol–water partition coefficient (Wildman–Crippen LogP) is 5.19. The molecule has 118 valence electrons. The second-order valence-corrected chi connectivity index (χ2v) is 5.83. The van der Waals surface area contributed by atoms with Gasteiger partial charge in [-0.05, 0) is 41.4 Å². The van der Waals surface area contributed by atoms with E-state index >= 15 is 0 Å². The van der Waals surface area contributed by atoms with E-state index in [4.69, 9.17) is 0 Å². The Bertz CT molecular complexity index is 722. The maximum atomic E-state index is 3.38. The molecule has 0 amide bonds. The van der Waals surface area contributed by atoms with Gasteiger partial charge < -0.3 is 4.98 Å². The van der Waals surface area contributed by atoms with Crippen LogP contribution in [0.2, 0.25) is 0 Å². The van der Waals surface area contributed by atoms with Crippen molar-refractivity contribution in [1.82, 2.24) is 9.88 Å². The summed E-state index contributed by atoms with van der Waals surface area (Å²) in [4.78, 5) is 5.81. The summed E-state index contributed by atoms with van der Waals surface area (Å²) < 4.78 is 0. The van der Waals surface area contributed by atoms with Crippen molar-refractivity contribution in [2.24, 2.45) is 0 Å². The van der Waals surface area contributed by atoms with Gasteiger partial charge in [0, 0.05) is 18.4 Å². The molecule has 0 aliphatic carbocycles. The van der Waals surface area contributed by atoms with Gasteiger partial charge in [-0.1, -0.05) is 68.4 Å². The van der Waals surface area contributed by atoms with E-state index in [1.54, 1.807) is 0 Å². The smallest absolute Gasteiger partial charge is 0.0460 e. The molecule has 0 saturated carbocycles. The standard InChI is InChI=1S/C21H24N2/c1-3-23(4-2)16-17-10-12-18(13-11-17)20-14-21(22-15-20)19-8-6-5-7-9-19/h5-15,22H,3-4,16H2,1-2H3. The quantitative estimate of drug-likeness (QED) is 0.664. The number of aromatic nitrogens is 1. The van der Waals surface area contributed by atoms with Crippen molar-refractivity contribution in [2.45, 2.75) is 20.4 Å². The molecule has 2 heteroatoms. The Morgan fingerprint density at radius 2 is 1.48 bits per heavy atom. The summed E-state index contributed by atoms with van der Waals surface area (Å²) >= 11 is 0. The fourth-order valence-corrected chi connectivity index (χ4v) is 2.85. The number of aromatic amines is 1. The van der Waals surface area contributed by atoms with Gasteiger partial charge in [0.05, 0.1) is 0 Å². The van der Waals surface area contributed by atoms with Crippen molar-refractivity contribution in [3.63, 3.8) is 0 Å². The third-order valence-corrected chi connectivity index (χ3v) is 4.36. The topological polar surface area (TPSA) is 19.0 Å². The third kappa shape index (κ3) is 3.72. The minimum atomic E-state index is 1.02. The fraction of sp³-hybridized carbons (Fsp3) is 0.238. The van der Waals surface area contributed by atoms with E-state index in [1.807, 2.05) is 6.07 Å². The van der Waals surface area contributed by atoms with E-state index in [0.717, 1.165) is 25.3 Å². The van der Waals surface area contributed by atoms with Gasteiger partial charge in [0.1, 0.15) is 0 Å². The first kappa shape index (κ1) is 15.6. The Kier molecular flexibility index (Phi) is 4.94. The van der Waals surface area contributed by atoms with Crippen molar-refractivity contribution < 1.29 is 0 Å². The SMILES string of the molecule is CCN(CC)Cc1ccc(-c2c[nH]c(-c3ccccc3)c2)cc1. The minimum absolute atomic E-state index is 1.02. The van der Waals surface area contributed by atoms with Crippen molar-refractivity contribution in [2.75, 3.05) is 13.1 Å². The molecular weight excluding hydrogens is 280 g/mol. The summed E-state index contributed by atoms with van der Waals surface area (Å²) in [6, 6.07) is 21.6. The van der Waals surface area contributed by atoms with Gasteiger partial charge in [0.25, 0.3) is 0 Å². The Hall–Kier alpha value is -2.32. The van der Waals surface area contributed by atoms with Gasteiger partial charge in [-0.15, -0.1) is 0 Å². The summed E-state index contributed by atoms with van der Waals surface area (Å²) in [7, 11) is 0. The summed E-state index contributed by atoms with van der Waals surface area (Å²) in [5, 5.41) is 0. The van der Waals surface area contributed by atoms with Crippen LogP contribution in [0.15, 0.2) is 66.9 Å². The van der Waals surface area contributed by atoms with Crippen LogP contribution in [0.25, 0.3) is 22.4 Å². The highest BCUT2D eigenvalue weighted by Gasteiger charge is 2.05. The number of benzene rings is 2. The number of hydrogen-bond acceptors (Lipinski definition) is 1. The first-order valence-electron chi connectivity index (χ1n) is 8.35. The van der Waals surface area contributed by atoms with E-state index in [2.05, 4.69) is 84.5 Å². The van der Waals surface area contributed by atoms with Gasteiger partial charge in [0.2, 0.25) is 0 Å². The molecule has 0 radical (unpaired) electrons. The second-order valence-electron chi connectivity index (χ2n) is 5.83. The molecule has 0 saturated heterocycles. The summed E-state index contributed by atoms with van der Waals surface area (Å²) in [6.07, 6.45) is 2.09. The lowest BCUT2D eigenvalue weighted by Gasteiger charge is -2.18. The maximum absolute atomic E-state index is 3.38. The molecule has 3 rings (SSSR count). The number of nitrogens with one attached hydrogen (secondary N) is 1. The third-order valence-electron chi connectivity index (χ3n) is 4.36. The van der Waals surface area contributed by atoms with Gasteiger partial charge in [-0.25, -0.2) is 0 Å². The Morgan fingerprint density at radius 3 is 2.13 bits per heavy atom. The van der Waals surface area contributed by atoms with Gasteiger partial charge in [-0.2, -0.15) is 0 Å². The zero-order chi connectivity index (χ0) is 16.1. The molecule has 0 bridgehead atoms. The molecule has 0 spiro atoms. The molecule has 2 nitrogen and oxygen atoms in total. The lowest BCUT2D eigenvalue weighted by molar-refractivity contribution is 0.296. The lowest BCUT2D eigenvalue weighted by Crippen LogP contribution is -2.21. The number of rotatable bonds is 6.